The molecule has 4 rings (SSSR count). The second kappa shape index (κ2) is 8.53. The Morgan fingerprint density at radius 3 is 2.10 bits per heavy atom. The summed E-state index contributed by atoms with van der Waals surface area (Å²) in [6.45, 7) is 0.162. The summed E-state index contributed by atoms with van der Waals surface area (Å²) in [6.07, 6.45) is 0. The molecule has 0 aliphatic heterocycles. The van der Waals surface area contributed by atoms with E-state index in [2.05, 4.69) is 15.5 Å². The maximum atomic E-state index is 13.1. The molecule has 0 aliphatic carbocycles. The first-order valence-electron chi connectivity index (χ1n) is 9.39. The summed E-state index contributed by atoms with van der Waals surface area (Å²) in [5.41, 5.74) is 2.58. The second-order valence-electron chi connectivity index (χ2n) is 6.69. The molecule has 6 heteroatoms. The first-order valence-corrected chi connectivity index (χ1v) is 9.39. The summed E-state index contributed by atoms with van der Waals surface area (Å²) in [6, 6.07) is 24.4. The number of benzene rings is 3. The van der Waals surface area contributed by atoms with Crippen LogP contribution in [0.15, 0.2) is 89.7 Å². The van der Waals surface area contributed by atoms with Crippen LogP contribution in [-0.4, -0.2) is 16.1 Å². The van der Waals surface area contributed by atoms with E-state index < -0.39 is 11.5 Å². The first-order chi connectivity index (χ1) is 14.6. The number of aromatic amines is 1. The molecule has 30 heavy (non-hydrogen) atoms. The van der Waals surface area contributed by atoms with Crippen LogP contribution in [0.2, 0.25) is 0 Å². The molecule has 0 saturated heterocycles. The molecule has 1 aromatic heterocycles. The quantitative estimate of drug-likeness (QED) is 0.529. The average Bonchev–Trinajstić information content (AvgIpc) is 2.79. The average molecular weight is 399 g/mol. The first kappa shape index (κ1) is 19.3. The molecule has 1 amide bonds. The number of aromatic nitrogens is 2. The van der Waals surface area contributed by atoms with Crippen molar-refractivity contribution in [1.29, 1.82) is 0 Å². The van der Waals surface area contributed by atoms with Crippen molar-refractivity contribution >= 4 is 5.91 Å². The van der Waals surface area contributed by atoms with Gasteiger partial charge in [-0.15, -0.1) is 0 Å². The van der Waals surface area contributed by atoms with E-state index in [-0.39, 0.29) is 17.9 Å². The Hall–Kier alpha value is -4.06. The van der Waals surface area contributed by atoms with Gasteiger partial charge in [0.1, 0.15) is 11.4 Å². The zero-order valence-electron chi connectivity index (χ0n) is 15.9. The number of carbonyl (C=O) groups is 1. The van der Waals surface area contributed by atoms with Crippen molar-refractivity contribution in [3.05, 3.63) is 112 Å². The number of H-pyrrole nitrogens is 1. The number of nitrogens with one attached hydrogen (secondary N) is 2. The fourth-order valence-electron chi connectivity index (χ4n) is 3.23. The van der Waals surface area contributed by atoms with Crippen molar-refractivity contribution in [2.45, 2.75) is 6.54 Å². The monoisotopic (exact) mass is 399 g/mol. The minimum atomic E-state index is -0.579. The van der Waals surface area contributed by atoms with Gasteiger partial charge in [-0.3, -0.25) is 9.59 Å². The maximum Gasteiger partial charge on any atom is 0.277 e. The number of halogens is 1. The molecule has 0 fully saturated rings. The molecule has 0 unspecified atom stereocenters. The topological polar surface area (TPSA) is 74.8 Å². The van der Waals surface area contributed by atoms with E-state index in [0.717, 1.165) is 11.1 Å². The van der Waals surface area contributed by atoms with Crippen LogP contribution in [0.4, 0.5) is 4.39 Å². The van der Waals surface area contributed by atoms with Crippen molar-refractivity contribution in [2.75, 3.05) is 0 Å². The number of carbonyl (C=O) groups excluding carboxylic acids is 1. The SMILES string of the molecule is O=C(NCc1ccc(F)cc1)c1c(-c2ccccc2)c(-c2ccccc2)n[nH]c1=O. The summed E-state index contributed by atoms with van der Waals surface area (Å²) in [5, 5.41) is 9.44. The van der Waals surface area contributed by atoms with Crippen LogP contribution in [0, 0.1) is 5.82 Å². The molecule has 0 aliphatic rings. The fraction of sp³-hybridized carbons (Fsp3) is 0.0417. The molecule has 1 heterocycles. The van der Waals surface area contributed by atoms with Gasteiger partial charge in [-0.25, -0.2) is 9.49 Å². The number of amides is 1. The molecule has 2 N–H and O–H groups in total. The highest BCUT2D eigenvalue weighted by Gasteiger charge is 2.22. The normalized spacial score (nSPS) is 10.6. The standard InChI is InChI=1S/C24H18FN3O2/c25-19-13-11-16(12-14-19)15-26-23(29)21-20(17-7-3-1-4-8-17)22(27-28-24(21)30)18-9-5-2-6-10-18/h1-14H,15H2,(H,26,29)(H,28,30). The Labute approximate surface area is 172 Å². The Morgan fingerprint density at radius 2 is 1.47 bits per heavy atom. The highest BCUT2D eigenvalue weighted by atomic mass is 19.1. The van der Waals surface area contributed by atoms with Crippen LogP contribution in [0.1, 0.15) is 15.9 Å². The molecule has 0 saturated carbocycles. The molecule has 0 radical (unpaired) electrons. The van der Waals surface area contributed by atoms with Crippen molar-refractivity contribution < 1.29 is 9.18 Å². The number of nitrogens with zero attached hydrogens (tertiary/aromatic N) is 1. The van der Waals surface area contributed by atoms with E-state index in [1.165, 1.54) is 12.1 Å². The Balaban J connectivity index is 1.79. The van der Waals surface area contributed by atoms with E-state index in [0.29, 0.717) is 16.8 Å². The number of rotatable bonds is 5. The molecule has 4 aromatic rings. The van der Waals surface area contributed by atoms with Crippen LogP contribution >= 0.6 is 0 Å². The van der Waals surface area contributed by atoms with Crippen LogP contribution in [-0.2, 0) is 6.54 Å². The largest absolute Gasteiger partial charge is 0.348 e. The van der Waals surface area contributed by atoms with Crippen LogP contribution in [0.5, 0.6) is 0 Å². The van der Waals surface area contributed by atoms with Gasteiger partial charge in [0.2, 0.25) is 0 Å². The predicted octanol–water partition coefficient (Wildman–Crippen LogP) is 4.17. The van der Waals surface area contributed by atoms with E-state index >= 15 is 0 Å². The van der Waals surface area contributed by atoms with Crippen molar-refractivity contribution in [2.24, 2.45) is 0 Å². The fourth-order valence-corrected chi connectivity index (χ4v) is 3.23. The summed E-state index contributed by atoms with van der Waals surface area (Å²) < 4.78 is 13.1. The van der Waals surface area contributed by atoms with Crippen molar-refractivity contribution in [1.82, 2.24) is 15.5 Å². The predicted molar refractivity (Wildman–Crippen MR) is 113 cm³/mol. The van der Waals surface area contributed by atoms with Crippen molar-refractivity contribution in [3.8, 4) is 22.4 Å². The Kier molecular flexibility index (Phi) is 5.48. The van der Waals surface area contributed by atoms with Gasteiger partial charge in [-0.2, -0.15) is 5.10 Å². The highest BCUT2D eigenvalue weighted by Crippen LogP contribution is 2.31. The van der Waals surface area contributed by atoms with Gasteiger partial charge >= 0.3 is 0 Å². The molecule has 0 spiro atoms. The molecule has 148 valence electrons. The van der Waals surface area contributed by atoms with Gasteiger partial charge in [-0.05, 0) is 23.3 Å². The van der Waals surface area contributed by atoms with Crippen LogP contribution in [0.3, 0.4) is 0 Å². The maximum absolute atomic E-state index is 13.1. The minimum absolute atomic E-state index is 0.0165. The molecular weight excluding hydrogens is 381 g/mol. The van der Waals surface area contributed by atoms with E-state index in [4.69, 9.17) is 0 Å². The minimum Gasteiger partial charge on any atom is -0.348 e. The lowest BCUT2D eigenvalue weighted by molar-refractivity contribution is 0.0950. The number of hydrogen-bond donors (Lipinski definition) is 2. The molecular formula is C24H18FN3O2. The highest BCUT2D eigenvalue weighted by molar-refractivity contribution is 6.03. The summed E-state index contributed by atoms with van der Waals surface area (Å²) in [5.74, 6) is -0.881. The lowest BCUT2D eigenvalue weighted by atomic mass is 9.95. The van der Waals surface area contributed by atoms with E-state index in [1.54, 1.807) is 12.1 Å². The smallest absolute Gasteiger partial charge is 0.277 e. The van der Waals surface area contributed by atoms with Crippen LogP contribution in [0.25, 0.3) is 22.4 Å². The van der Waals surface area contributed by atoms with Gasteiger partial charge in [0, 0.05) is 17.7 Å². The van der Waals surface area contributed by atoms with Crippen molar-refractivity contribution in [3.63, 3.8) is 0 Å². The Morgan fingerprint density at radius 1 is 0.867 bits per heavy atom. The summed E-state index contributed by atoms with van der Waals surface area (Å²) in [7, 11) is 0. The third-order valence-electron chi connectivity index (χ3n) is 4.69. The van der Waals surface area contributed by atoms with Gasteiger partial charge < -0.3 is 5.32 Å². The van der Waals surface area contributed by atoms with Gasteiger partial charge in [-0.1, -0.05) is 72.8 Å². The molecule has 0 bridgehead atoms. The van der Waals surface area contributed by atoms with Gasteiger partial charge in [0.15, 0.2) is 0 Å². The Bertz CT molecular complexity index is 1220. The zero-order chi connectivity index (χ0) is 20.9. The molecule has 0 atom stereocenters. The van der Waals surface area contributed by atoms with Crippen LogP contribution < -0.4 is 10.9 Å². The molecule has 3 aromatic carbocycles. The third-order valence-corrected chi connectivity index (χ3v) is 4.69. The van der Waals surface area contributed by atoms with Gasteiger partial charge in [0.05, 0.1) is 5.69 Å². The lowest BCUT2D eigenvalue weighted by Gasteiger charge is -2.14. The lowest BCUT2D eigenvalue weighted by Crippen LogP contribution is -2.31. The van der Waals surface area contributed by atoms with E-state index in [9.17, 15) is 14.0 Å². The van der Waals surface area contributed by atoms with E-state index in [1.807, 2.05) is 60.7 Å². The third kappa shape index (κ3) is 4.03. The summed E-state index contributed by atoms with van der Waals surface area (Å²) >= 11 is 0. The zero-order valence-corrected chi connectivity index (χ0v) is 15.9. The number of hydrogen-bond acceptors (Lipinski definition) is 3. The van der Waals surface area contributed by atoms with Gasteiger partial charge in [0.25, 0.3) is 11.5 Å². The molecule has 5 nitrogen and oxygen atoms in total. The summed E-state index contributed by atoms with van der Waals surface area (Å²) in [4.78, 5) is 25.7. The second-order valence-corrected chi connectivity index (χ2v) is 6.69.